The molecule has 3 unspecified atom stereocenters. The summed E-state index contributed by atoms with van der Waals surface area (Å²) in [6.45, 7) is 15.5. The maximum Gasteiger partial charge on any atom is 0.309 e. The molecule has 0 aromatic carbocycles. The average molecular weight is 831 g/mol. The number of allylic oxidation sites excluding steroid dienone is 1. The van der Waals surface area contributed by atoms with E-state index in [4.69, 9.17) is 14.2 Å². The smallest absolute Gasteiger partial charge is 0.309 e. The quantitative estimate of drug-likeness (QED) is 0.155. The third-order valence-corrected chi connectivity index (χ3v) is 16.4. The van der Waals surface area contributed by atoms with Gasteiger partial charge in [-0.05, 0) is 151 Å². The summed E-state index contributed by atoms with van der Waals surface area (Å²) in [4.78, 5) is 41.8. The molecular formula is C47H78N2O10. The summed E-state index contributed by atoms with van der Waals surface area (Å²) < 4.78 is 18.4. The Bertz CT molecular complexity index is 1490. The highest BCUT2D eigenvalue weighted by Crippen LogP contribution is 2.66. The number of ether oxygens (including phenoxy) is 3. The molecule has 0 spiro atoms. The van der Waals surface area contributed by atoms with Crippen LogP contribution in [0.2, 0.25) is 0 Å². The number of esters is 1. The number of carbonyl (C=O) groups excluding carboxylic acids is 3. The number of hydrogen-bond acceptors (Lipinski definition) is 11. The first kappa shape index (κ1) is 46.6. The van der Waals surface area contributed by atoms with E-state index in [0.717, 1.165) is 51.4 Å². The SMILES string of the molecule is CC[C@H]1OC(=O)[C@H](C)C[C@H](C)[C@@H](O[C@H]2CCC[C@@H](C)O2)[C@H](O)CCCN(CCCNC(=O)[C@H]2CCC3C4CCC5=CC(=O)CC[C@]5(C)C4[C@@H](O)C[C@@]32C)[C@H](C)[C@@H](O)[C@@H]1O. The fourth-order valence-electron chi connectivity index (χ4n) is 12.9. The number of aliphatic hydroxyl groups is 4. The molecule has 17 atom stereocenters. The van der Waals surface area contributed by atoms with Gasteiger partial charge < -0.3 is 40.0 Å². The lowest BCUT2D eigenvalue weighted by molar-refractivity contribution is -0.236. The van der Waals surface area contributed by atoms with Crippen molar-refractivity contribution >= 4 is 17.7 Å². The molecule has 6 rings (SSSR count). The van der Waals surface area contributed by atoms with E-state index in [0.29, 0.717) is 76.4 Å². The Morgan fingerprint density at radius 1 is 0.949 bits per heavy atom. The highest BCUT2D eigenvalue weighted by molar-refractivity contribution is 5.91. The van der Waals surface area contributed by atoms with Crippen molar-refractivity contribution in [2.24, 2.45) is 46.3 Å². The first-order chi connectivity index (χ1) is 28.0. The summed E-state index contributed by atoms with van der Waals surface area (Å²) in [5.41, 5.74) is 0.758. The summed E-state index contributed by atoms with van der Waals surface area (Å²) in [5, 5.41) is 49.6. The third kappa shape index (κ3) is 9.99. The summed E-state index contributed by atoms with van der Waals surface area (Å²) in [5.74, 6) is -0.281. The molecule has 0 aromatic rings. The zero-order valence-electron chi connectivity index (χ0n) is 37.2. The van der Waals surface area contributed by atoms with Crippen molar-refractivity contribution in [3.05, 3.63) is 11.6 Å². The molecule has 5 N–H and O–H groups in total. The lowest BCUT2D eigenvalue weighted by Gasteiger charge is -2.59. The number of rotatable bonds is 8. The van der Waals surface area contributed by atoms with Gasteiger partial charge in [0.05, 0.1) is 36.4 Å². The zero-order chi connectivity index (χ0) is 42.8. The molecule has 12 nitrogen and oxygen atoms in total. The maximum absolute atomic E-state index is 14.0. The molecule has 336 valence electrons. The van der Waals surface area contributed by atoms with Crippen LogP contribution in [-0.2, 0) is 28.6 Å². The molecule has 59 heavy (non-hydrogen) atoms. The zero-order valence-corrected chi connectivity index (χ0v) is 37.2. The number of aliphatic hydroxyl groups excluding tert-OH is 4. The molecular weight excluding hydrogens is 753 g/mol. The third-order valence-electron chi connectivity index (χ3n) is 16.4. The van der Waals surface area contributed by atoms with Gasteiger partial charge in [-0.15, -0.1) is 0 Å². The standard InChI is InChI=1S/C47H78N2O10/c1-8-38-42(54)41(53)30(5)49(22-10-13-36(51)43(27(2)24-28(3)45(56)58-38)59-39-14-9-12-29(4)57-39)23-11-21-48-44(55)35-18-17-34-33-16-15-31-25-32(50)19-20-46(31,6)40(33)37(52)26-47(34,35)7/h25,27-30,33-43,51-54H,8-24,26H2,1-7H3,(H,48,55)/t27-,28+,29+,30+,33?,34?,35+,36+,37-,38+,39-,40?,41+,42+,43+,46-,47-/m0/s1. The molecule has 5 fully saturated rings. The first-order valence-corrected chi connectivity index (χ1v) is 23.5. The largest absolute Gasteiger partial charge is 0.459 e. The van der Waals surface area contributed by atoms with Crippen LogP contribution in [0.5, 0.6) is 0 Å². The molecule has 2 aliphatic heterocycles. The van der Waals surface area contributed by atoms with Gasteiger partial charge in [-0.2, -0.15) is 0 Å². The van der Waals surface area contributed by atoms with Gasteiger partial charge in [-0.3, -0.25) is 19.3 Å². The van der Waals surface area contributed by atoms with Gasteiger partial charge in [-0.1, -0.05) is 40.2 Å². The van der Waals surface area contributed by atoms with E-state index < -0.39 is 60.8 Å². The number of hydrogen-bond donors (Lipinski definition) is 5. The van der Waals surface area contributed by atoms with Gasteiger partial charge in [0.15, 0.2) is 12.1 Å². The van der Waals surface area contributed by atoms with E-state index >= 15 is 0 Å². The average Bonchev–Trinajstić information content (AvgIpc) is 3.54. The topological polar surface area (TPSA) is 175 Å². The van der Waals surface area contributed by atoms with Crippen LogP contribution in [0, 0.1) is 46.3 Å². The predicted molar refractivity (Wildman–Crippen MR) is 224 cm³/mol. The number of carbonyl (C=O) groups is 3. The van der Waals surface area contributed by atoms with Crippen molar-refractivity contribution in [1.82, 2.24) is 10.2 Å². The highest BCUT2D eigenvalue weighted by Gasteiger charge is 2.63. The maximum atomic E-state index is 14.0. The van der Waals surface area contributed by atoms with Crippen molar-refractivity contribution in [2.75, 3.05) is 19.6 Å². The van der Waals surface area contributed by atoms with E-state index in [9.17, 15) is 34.8 Å². The number of nitrogens with one attached hydrogen (secondary N) is 1. The Kier molecular flexibility index (Phi) is 15.5. The Morgan fingerprint density at radius 2 is 1.71 bits per heavy atom. The summed E-state index contributed by atoms with van der Waals surface area (Å²) in [6.07, 6.45) is 6.94. The minimum Gasteiger partial charge on any atom is -0.459 e. The number of fused-ring (bicyclic) bond motifs is 5. The molecule has 2 saturated heterocycles. The number of amides is 1. The minimum atomic E-state index is -1.29. The van der Waals surface area contributed by atoms with Crippen molar-refractivity contribution in [3.8, 4) is 0 Å². The fourth-order valence-corrected chi connectivity index (χ4v) is 12.9. The van der Waals surface area contributed by atoms with Crippen LogP contribution in [0.15, 0.2) is 11.6 Å². The predicted octanol–water partition coefficient (Wildman–Crippen LogP) is 5.46. The van der Waals surface area contributed by atoms with Crippen LogP contribution in [-0.4, -0.2) is 118 Å². The lowest BCUT2D eigenvalue weighted by atomic mass is 9.46. The monoisotopic (exact) mass is 831 g/mol. The van der Waals surface area contributed by atoms with Crippen LogP contribution in [0.3, 0.4) is 0 Å². The second-order valence-corrected chi connectivity index (χ2v) is 20.3. The molecule has 12 heteroatoms. The number of nitrogens with zero attached hydrogens (tertiary/aromatic N) is 1. The molecule has 4 aliphatic carbocycles. The molecule has 6 aliphatic rings. The second kappa shape index (κ2) is 19.6. The Morgan fingerprint density at radius 3 is 2.44 bits per heavy atom. The van der Waals surface area contributed by atoms with Gasteiger partial charge in [0.25, 0.3) is 0 Å². The highest BCUT2D eigenvalue weighted by atomic mass is 16.7. The van der Waals surface area contributed by atoms with Gasteiger partial charge >= 0.3 is 5.97 Å². The molecule has 3 saturated carbocycles. The molecule has 0 aromatic heterocycles. The summed E-state index contributed by atoms with van der Waals surface area (Å²) in [6, 6.07) is -0.502. The second-order valence-electron chi connectivity index (χ2n) is 20.3. The van der Waals surface area contributed by atoms with Crippen molar-refractivity contribution in [3.63, 3.8) is 0 Å². The Hall–Kier alpha value is -1.93. The van der Waals surface area contributed by atoms with Crippen LogP contribution >= 0.6 is 0 Å². The van der Waals surface area contributed by atoms with E-state index in [1.807, 2.05) is 33.8 Å². The molecule has 2 heterocycles. The van der Waals surface area contributed by atoms with Crippen molar-refractivity contribution < 1.29 is 49.0 Å². The molecule has 0 bridgehead atoms. The van der Waals surface area contributed by atoms with Gasteiger partial charge in [0.1, 0.15) is 12.2 Å². The van der Waals surface area contributed by atoms with Crippen molar-refractivity contribution in [1.29, 1.82) is 0 Å². The van der Waals surface area contributed by atoms with Crippen LogP contribution in [0.1, 0.15) is 145 Å². The fraction of sp³-hybridized carbons (Fsp3) is 0.894. The number of ketones is 1. The van der Waals surface area contributed by atoms with E-state index in [1.165, 1.54) is 5.57 Å². The Labute approximate surface area is 353 Å². The first-order valence-electron chi connectivity index (χ1n) is 23.5. The number of cyclic esters (lactones) is 1. The van der Waals surface area contributed by atoms with Crippen LogP contribution in [0.4, 0.5) is 0 Å². The summed E-state index contributed by atoms with van der Waals surface area (Å²) >= 11 is 0. The normalized spacial score (nSPS) is 45.5. The molecule has 0 radical (unpaired) electrons. The van der Waals surface area contributed by atoms with Crippen molar-refractivity contribution in [2.45, 2.75) is 200 Å². The van der Waals surface area contributed by atoms with Crippen LogP contribution < -0.4 is 5.32 Å². The van der Waals surface area contributed by atoms with E-state index in [2.05, 4.69) is 24.1 Å². The van der Waals surface area contributed by atoms with E-state index in [1.54, 1.807) is 6.92 Å². The van der Waals surface area contributed by atoms with E-state index in [-0.39, 0.29) is 46.4 Å². The van der Waals surface area contributed by atoms with Crippen LogP contribution in [0.25, 0.3) is 0 Å². The van der Waals surface area contributed by atoms with Gasteiger partial charge in [0.2, 0.25) is 5.91 Å². The lowest BCUT2D eigenvalue weighted by Crippen LogP contribution is -2.57. The molecule has 1 amide bonds. The van der Waals surface area contributed by atoms with Gasteiger partial charge in [0, 0.05) is 31.5 Å². The summed E-state index contributed by atoms with van der Waals surface area (Å²) in [7, 11) is 0. The Balaban J connectivity index is 1.09. The minimum absolute atomic E-state index is 0.0357. The van der Waals surface area contributed by atoms with Gasteiger partial charge in [-0.25, -0.2) is 0 Å².